The third kappa shape index (κ3) is 5.07. The van der Waals surface area contributed by atoms with E-state index in [9.17, 15) is 18.7 Å². The number of nitrogens with zero attached hydrogens (tertiary/aromatic N) is 1. The van der Waals surface area contributed by atoms with Gasteiger partial charge in [-0.05, 0) is 12.8 Å². The molecule has 0 bridgehead atoms. The van der Waals surface area contributed by atoms with Gasteiger partial charge in [0.1, 0.15) is 6.10 Å². The maximum absolute atomic E-state index is 14.3. The highest BCUT2D eigenvalue weighted by Crippen LogP contribution is 2.32. The van der Waals surface area contributed by atoms with Crippen LogP contribution in [0, 0.1) is 11.8 Å². The first-order valence-electron chi connectivity index (χ1n) is 8.12. The topological polar surface area (TPSA) is 40.5 Å². The summed E-state index contributed by atoms with van der Waals surface area (Å²) in [6.45, 7) is 0.236. The van der Waals surface area contributed by atoms with Crippen molar-refractivity contribution in [2.75, 3.05) is 12.3 Å². The van der Waals surface area contributed by atoms with Gasteiger partial charge >= 0.3 is 5.92 Å². The third-order valence-electron chi connectivity index (χ3n) is 4.11. The molecule has 0 radical (unpaired) electrons. The van der Waals surface area contributed by atoms with Crippen molar-refractivity contribution in [3.05, 3.63) is 48.0 Å². The predicted octanol–water partition coefficient (Wildman–Crippen LogP) is 3.01. The highest BCUT2D eigenvalue weighted by Gasteiger charge is 2.39. The van der Waals surface area contributed by atoms with E-state index in [1.807, 2.05) is 0 Å². The smallest absolute Gasteiger partial charge is 0.302 e. The molecule has 134 valence electrons. The van der Waals surface area contributed by atoms with Crippen LogP contribution in [0.15, 0.2) is 42.5 Å². The van der Waals surface area contributed by atoms with Crippen molar-refractivity contribution in [3.63, 3.8) is 0 Å². The number of hydrogen-bond acceptors (Lipinski definition) is 3. The van der Waals surface area contributed by atoms with Crippen molar-refractivity contribution < 1.29 is 18.7 Å². The van der Waals surface area contributed by atoms with Crippen LogP contribution >= 0.6 is 12.6 Å². The summed E-state index contributed by atoms with van der Waals surface area (Å²) in [6.07, 6.45) is 2.38. The maximum atomic E-state index is 14.3. The largest absolute Gasteiger partial charge is 0.382 e. The number of piperidine rings is 1. The van der Waals surface area contributed by atoms with Crippen molar-refractivity contribution in [1.82, 2.24) is 4.90 Å². The van der Waals surface area contributed by atoms with Crippen LogP contribution < -0.4 is 0 Å². The molecule has 1 fully saturated rings. The molecule has 1 amide bonds. The van der Waals surface area contributed by atoms with Crippen molar-refractivity contribution in [1.29, 1.82) is 0 Å². The second kappa shape index (κ2) is 9.02. The summed E-state index contributed by atoms with van der Waals surface area (Å²) in [5, 5.41) is 9.95. The quantitative estimate of drug-likeness (QED) is 0.478. The summed E-state index contributed by atoms with van der Waals surface area (Å²) in [5.41, 5.74) is -0.247. The number of hydrogen-bond donors (Lipinski definition) is 2. The molecule has 1 heterocycles. The highest BCUT2D eigenvalue weighted by atomic mass is 32.1. The van der Waals surface area contributed by atoms with Crippen molar-refractivity contribution in [2.45, 2.75) is 37.3 Å². The van der Waals surface area contributed by atoms with Gasteiger partial charge in [-0.15, -0.1) is 0 Å². The number of amides is 1. The molecule has 2 rings (SSSR count). The van der Waals surface area contributed by atoms with Crippen molar-refractivity contribution >= 4 is 18.5 Å². The SMILES string of the molecule is O=C1CCC[C@H](/C=C/[C@@H](O)C(F)(F)c2ccccc2)N1CC#CCS. The summed E-state index contributed by atoms with van der Waals surface area (Å²) in [6, 6.07) is 6.86. The normalized spacial score (nSPS) is 19.6. The molecule has 1 aromatic rings. The molecule has 0 aromatic heterocycles. The molecule has 2 atom stereocenters. The van der Waals surface area contributed by atoms with Crippen LogP contribution in [-0.4, -0.2) is 40.4 Å². The molecule has 0 aliphatic carbocycles. The maximum Gasteiger partial charge on any atom is 0.302 e. The number of carbonyl (C=O) groups excluding carboxylic acids is 1. The first-order valence-corrected chi connectivity index (χ1v) is 8.76. The van der Waals surface area contributed by atoms with Gasteiger partial charge in [-0.1, -0.05) is 54.3 Å². The molecule has 0 saturated carbocycles. The summed E-state index contributed by atoms with van der Waals surface area (Å²) >= 11 is 3.99. The van der Waals surface area contributed by atoms with E-state index in [1.165, 1.54) is 30.3 Å². The lowest BCUT2D eigenvalue weighted by molar-refractivity contribution is -0.134. The standard InChI is InChI=1S/C19H21F2NO2S/c20-19(21,15-7-2-1-3-8-15)17(23)12-11-16-9-6-10-18(24)22(16)13-4-5-14-25/h1-3,7-8,11-12,16-17,23,25H,6,9-10,13-14H2/b12-11+/t16-,17-/m1/s1. The molecule has 1 aliphatic rings. The van der Waals surface area contributed by atoms with Gasteiger partial charge in [-0.2, -0.15) is 21.4 Å². The van der Waals surface area contributed by atoms with Gasteiger partial charge in [-0.25, -0.2) is 0 Å². The van der Waals surface area contributed by atoms with Gasteiger partial charge in [0.25, 0.3) is 0 Å². The first-order chi connectivity index (χ1) is 12.0. The second-order valence-corrected chi connectivity index (χ2v) is 6.13. The van der Waals surface area contributed by atoms with E-state index in [0.717, 1.165) is 6.08 Å². The summed E-state index contributed by atoms with van der Waals surface area (Å²) in [7, 11) is 0. The number of aliphatic hydroxyl groups excluding tert-OH is 1. The van der Waals surface area contributed by atoms with Gasteiger partial charge in [-0.3, -0.25) is 4.79 Å². The molecule has 6 heteroatoms. The van der Waals surface area contributed by atoms with Crippen LogP contribution in [0.1, 0.15) is 24.8 Å². The van der Waals surface area contributed by atoms with Crippen molar-refractivity contribution in [3.8, 4) is 11.8 Å². The second-order valence-electron chi connectivity index (χ2n) is 5.81. The van der Waals surface area contributed by atoms with Crippen LogP contribution in [0.3, 0.4) is 0 Å². The summed E-state index contributed by atoms with van der Waals surface area (Å²) < 4.78 is 28.6. The number of likely N-dealkylation sites (tertiary alicyclic amines) is 1. The van der Waals surface area contributed by atoms with Gasteiger partial charge in [0, 0.05) is 12.0 Å². The molecule has 1 saturated heterocycles. The van der Waals surface area contributed by atoms with Gasteiger partial charge < -0.3 is 10.0 Å². The Morgan fingerprint density at radius 1 is 1.36 bits per heavy atom. The Morgan fingerprint density at radius 3 is 2.76 bits per heavy atom. The van der Waals surface area contributed by atoms with Gasteiger partial charge in [0.05, 0.1) is 18.3 Å². The Bertz CT molecular complexity index is 667. The van der Waals surface area contributed by atoms with Crippen LogP contribution in [0.2, 0.25) is 0 Å². The number of carbonyl (C=O) groups is 1. The average Bonchev–Trinajstić information content (AvgIpc) is 2.62. The number of aliphatic hydroxyl groups is 1. The molecule has 3 nitrogen and oxygen atoms in total. The average molecular weight is 365 g/mol. The zero-order chi connectivity index (χ0) is 18.3. The lowest BCUT2D eigenvalue weighted by Crippen LogP contribution is -2.43. The van der Waals surface area contributed by atoms with Gasteiger partial charge in [0.15, 0.2) is 0 Å². The van der Waals surface area contributed by atoms with E-state index in [0.29, 0.717) is 25.0 Å². The number of benzene rings is 1. The molecule has 0 spiro atoms. The molecule has 1 N–H and O–H groups in total. The minimum atomic E-state index is -3.40. The van der Waals surface area contributed by atoms with E-state index >= 15 is 0 Å². The Balaban J connectivity index is 2.10. The minimum Gasteiger partial charge on any atom is -0.382 e. The van der Waals surface area contributed by atoms with Crippen molar-refractivity contribution in [2.24, 2.45) is 0 Å². The highest BCUT2D eigenvalue weighted by molar-refractivity contribution is 7.80. The Kier molecular flexibility index (Phi) is 7.03. The van der Waals surface area contributed by atoms with E-state index < -0.39 is 12.0 Å². The van der Waals surface area contributed by atoms with E-state index in [4.69, 9.17) is 0 Å². The molecular weight excluding hydrogens is 344 g/mol. The number of thiol groups is 1. The zero-order valence-electron chi connectivity index (χ0n) is 13.7. The molecule has 1 aromatic carbocycles. The monoisotopic (exact) mass is 365 g/mol. The minimum absolute atomic E-state index is 0.0568. The van der Waals surface area contributed by atoms with Gasteiger partial charge in [0.2, 0.25) is 5.91 Å². The zero-order valence-corrected chi connectivity index (χ0v) is 14.6. The lowest BCUT2D eigenvalue weighted by atomic mass is 9.98. The molecule has 1 aliphatic heterocycles. The van der Waals surface area contributed by atoms with Crippen LogP contribution in [0.5, 0.6) is 0 Å². The summed E-state index contributed by atoms with van der Waals surface area (Å²) in [4.78, 5) is 13.6. The molecule has 0 unspecified atom stereocenters. The van der Waals surface area contributed by atoms with E-state index in [-0.39, 0.29) is 24.1 Å². The fourth-order valence-corrected chi connectivity index (χ4v) is 2.85. The fourth-order valence-electron chi connectivity index (χ4n) is 2.73. The first kappa shape index (κ1) is 19.5. The predicted molar refractivity (Wildman–Crippen MR) is 96.5 cm³/mol. The van der Waals surface area contributed by atoms with Crippen LogP contribution in [-0.2, 0) is 10.7 Å². The fraction of sp³-hybridized carbons (Fsp3) is 0.421. The van der Waals surface area contributed by atoms with Crippen LogP contribution in [0.25, 0.3) is 0 Å². The number of halogens is 2. The Morgan fingerprint density at radius 2 is 2.08 bits per heavy atom. The molecular formula is C19H21F2NO2S. The number of alkyl halides is 2. The summed E-state index contributed by atoms with van der Waals surface area (Å²) in [5.74, 6) is 2.56. The Labute approximate surface area is 152 Å². The third-order valence-corrected chi connectivity index (χ3v) is 4.27. The number of rotatable bonds is 5. The van der Waals surface area contributed by atoms with E-state index in [1.54, 1.807) is 11.0 Å². The molecule has 25 heavy (non-hydrogen) atoms. The van der Waals surface area contributed by atoms with E-state index in [2.05, 4.69) is 24.5 Å². The lowest BCUT2D eigenvalue weighted by Gasteiger charge is -2.32. The van der Waals surface area contributed by atoms with Crippen LogP contribution in [0.4, 0.5) is 8.78 Å². The Hall–Kier alpha value is -1.84.